The van der Waals surface area contributed by atoms with Gasteiger partial charge in [0.15, 0.2) is 0 Å². The van der Waals surface area contributed by atoms with Gasteiger partial charge < -0.3 is 10.6 Å². The van der Waals surface area contributed by atoms with Gasteiger partial charge in [-0.15, -0.1) is 0 Å². The van der Waals surface area contributed by atoms with Gasteiger partial charge in [-0.3, -0.25) is 13.9 Å². The lowest BCUT2D eigenvalue weighted by Gasteiger charge is -2.28. The van der Waals surface area contributed by atoms with Crippen molar-refractivity contribution in [1.29, 1.82) is 0 Å². The quantitative estimate of drug-likeness (QED) is 0.829. The summed E-state index contributed by atoms with van der Waals surface area (Å²) in [6.07, 6.45) is 3.75. The van der Waals surface area contributed by atoms with Gasteiger partial charge in [0, 0.05) is 31.1 Å². The van der Waals surface area contributed by atoms with Crippen LogP contribution in [0.4, 0.5) is 11.4 Å². The fraction of sp³-hybridized carbons (Fsp3) is 0.529. The minimum atomic E-state index is -3.27. The standard InChI is InChI=1S/C17H23N3O4S/c21-16-8-6-13(18-16)7-9-17(22)19-14-4-3-5-15(12-14)20-10-1-2-11-25(20,23)24/h3-5,12-13H,1-2,6-11H2,(H,18,21)(H,19,22)/t13-/m1/s1. The molecule has 0 aliphatic carbocycles. The van der Waals surface area contributed by atoms with Crippen LogP contribution in [0.15, 0.2) is 24.3 Å². The van der Waals surface area contributed by atoms with Gasteiger partial charge in [0.05, 0.1) is 11.4 Å². The highest BCUT2D eigenvalue weighted by atomic mass is 32.2. The third-order valence-electron chi connectivity index (χ3n) is 4.57. The van der Waals surface area contributed by atoms with E-state index in [-0.39, 0.29) is 23.6 Å². The van der Waals surface area contributed by atoms with Crippen LogP contribution in [0.25, 0.3) is 0 Å². The van der Waals surface area contributed by atoms with Crippen LogP contribution in [0.1, 0.15) is 38.5 Å². The van der Waals surface area contributed by atoms with Crippen LogP contribution in [0.2, 0.25) is 0 Å². The van der Waals surface area contributed by atoms with Gasteiger partial charge in [-0.05, 0) is 43.9 Å². The Balaban J connectivity index is 1.59. The zero-order chi connectivity index (χ0) is 17.9. The number of rotatable bonds is 5. The number of sulfonamides is 1. The zero-order valence-corrected chi connectivity index (χ0v) is 14.8. The highest BCUT2D eigenvalue weighted by Crippen LogP contribution is 2.26. The second kappa shape index (κ2) is 7.43. The molecule has 0 aromatic heterocycles. The summed E-state index contributed by atoms with van der Waals surface area (Å²) in [7, 11) is -3.27. The molecular weight excluding hydrogens is 342 g/mol. The van der Waals surface area contributed by atoms with E-state index in [0.29, 0.717) is 43.6 Å². The average Bonchev–Trinajstić information content (AvgIpc) is 2.98. The van der Waals surface area contributed by atoms with E-state index in [2.05, 4.69) is 10.6 Å². The minimum absolute atomic E-state index is 0.0425. The molecule has 7 nitrogen and oxygen atoms in total. The Labute approximate surface area is 147 Å². The van der Waals surface area contributed by atoms with Crippen LogP contribution in [0.3, 0.4) is 0 Å². The van der Waals surface area contributed by atoms with E-state index in [1.54, 1.807) is 24.3 Å². The molecule has 2 aliphatic heterocycles. The first-order chi connectivity index (χ1) is 11.9. The summed E-state index contributed by atoms with van der Waals surface area (Å²) < 4.78 is 25.8. The first-order valence-electron chi connectivity index (χ1n) is 8.64. The van der Waals surface area contributed by atoms with Crippen molar-refractivity contribution in [3.8, 4) is 0 Å². The molecule has 2 saturated heterocycles. The third-order valence-corrected chi connectivity index (χ3v) is 6.44. The number of nitrogens with one attached hydrogen (secondary N) is 2. The maximum atomic E-state index is 12.2. The van der Waals surface area contributed by atoms with E-state index < -0.39 is 10.0 Å². The number of carbonyl (C=O) groups excluding carboxylic acids is 2. The monoisotopic (exact) mass is 365 g/mol. The largest absolute Gasteiger partial charge is 0.353 e. The molecule has 8 heteroatoms. The highest BCUT2D eigenvalue weighted by molar-refractivity contribution is 7.92. The Morgan fingerprint density at radius 1 is 1.32 bits per heavy atom. The zero-order valence-electron chi connectivity index (χ0n) is 14.0. The molecule has 2 amide bonds. The number of hydrogen-bond acceptors (Lipinski definition) is 4. The number of amides is 2. The molecule has 2 heterocycles. The Kier molecular flexibility index (Phi) is 5.27. The van der Waals surface area contributed by atoms with Crippen molar-refractivity contribution in [3.63, 3.8) is 0 Å². The third kappa shape index (κ3) is 4.50. The van der Waals surface area contributed by atoms with E-state index in [4.69, 9.17) is 0 Å². The summed E-state index contributed by atoms with van der Waals surface area (Å²) in [5.74, 6) is 0.0668. The summed E-state index contributed by atoms with van der Waals surface area (Å²) in [6.45, 7) is 0.473. The smallest absolute Gasteiger partial charge is 0.235 e. The van der Waals surface area contributed by atoms with E-state index >= 15 is 0 Å². The van der Waals surface area contributed by atoms with E-state index in [1.165, 1.54) is 4.31 Å². The molecule has 2 aliphatic rings. The molecule has 0 unspecified atom stereocenters. The number of nitrogens with zero attached hydrogens (tertiary/aromatic N) is 1. The van der Waals surface area contributed by atoms with Crippen LogP contribution in [0.5, 0.6) is 0 Å². The van der Waals surface area contributed by atoms with Gasteiger partial charge in [-0.25, -0.2) is 8.42 Å². The second-order valence-electron chi connectivity index (χ2n) is 6.54. The Hall–Kier alpha value is -2.09. The van der Waals surface area contributed by atoms with Crippen LogP contribution in [-0.4, -0.2) is 38.6 Å². The fourth-order valence-electron chi connectivity index (χ4n) is 3.24. The van der Waals surface area contributed by atoms with Crippen molar-refractivity contribution < 1.29 is 18.0 Å². The van der Waals surface area contributed by atoms with Crippen molar-refractivity contribution in [3.05, 3.63) is 24.3 Å². The number of anilines is 2. The van der Waals surface area contributed by atoms with Gasteiger partial charge in [0.2, 0.25) is 21.8 Å². The van der Waals surface area contributed by atoms with Crippen LogP contribution in [0, 0.1) is 0 Å². The molecular formula is C17H23N3O4S. The first kappa shape index (κ1) is 17.7. The van der Waals surface area contributed by atoms with Crippen molar-refractivity contribution in [2.75, 3.05) is 21.9 Å². The molecule has 0 saturated carbocycles. The summed E-state index contributed by atoms with van der Waals surface area (Å²) in [5, 5.41) is 5.65. The van der Waals surface area contributed by atoms with Gasteiger partial charge >= 0.3 is 0 Å². The highest BCUT2D eigenvalue weighted by Gasteiger charge is 2.26. The molecule has 136 valence electrons. The van der Waals surface area contributed by atoms with E-state index in [0.717, 1.165) is 12.8 Å². The van der Waals surface area contributed by atoms with Gasteiger partial charge in [0.1, 0.15) is 0 Å². The molecule has 0 bridgehead atoms. The lowest BCUT2D eigenvalue weighted by Crippen LogP contribution is -2.37. The van der Waals surface area contributed by atoms with Crippen LogP contribution in [-0.2, 0) is 19.6 Å². The maximum absolute atomic E-state index is 12.2. The van der Waals surface area contributed by atoms with Crippen molar-refractivity contribution >= 4 is 33.2 Å². The Morgan fingerprint density at radius 3 is 2.88 bits per heavy atom. The average molecular weight is 365 g/mol. The van der Waals surface area contributed by atoms with Crippen molar-refractivity contribution in [2.45, 2.75) is 44.6 Å². The summed E-state index contributed by atoms with van der Waals surface area (Å²) in [5.41, 5.74) is 1.17. The summed E-state index contributed by atoms with van der Waals surface area (Å²) >= 11 is 0. The van der Waals surface area contributed by atoms with Gasteiger partial charge in [-0.2, -0.15) is 0 Å². The Morgan fingerprint density at radius 2 is 2.16 bits per heavy atom. The first-order valence-corrected chi connectivity index (χ1v) is 10.2. The summed E-state index contributed by atoms with van der Waals surface area (Å²) in [4.78, 5) is 23.3. The number of carbonyl (C=O) groups is 2. The number of benzene rings is 1. The second-order valence-corrected chi connectivity index (χ2v) is 8.55. The number of hydrogen-bond donors (Lipinski definition) is 2. The maximum Gasteiger partial charge on any atom is 0.235 e. The lowest BCUT2D eigenvalue weighted by molar-refractivity contribution is -0.120. The molecule has 1 atom stereocenters. The SMILES string of the molecule is O=C(CC[C@H]1CCC(=O)N1)Nc1cccc(N2CCCCS2(=O)=O)c1. The van der Waals surface area contributed by atoms with E-state index in [1.807, 2.05) is 0 Å². The molecule has 2 N–H and O–H groups in total. The fourth-order valence-corrected chi connectivity index (χ4v) is 4.87. The normalized spacial score (nSPS) is 22.5. The van der Waals surface area contributed by atoms with Crippen molar-refractivity contribution in [1.82, 2.24) is 5.32 Å². The molecule has 0 spiro atoms. The summed E-state index contributed by atoms with van der Waals surface area (Å²) in [6, 6.07) is 7.00. The molecule has 1 aromatic carbocycles. The molecule has 1 aromatic rings. The van der Waals surface area contributed by atoms with Gasteiger partial charge in [0.25, 0.3) is 0 Å². The molecule has 0 radical (unpaired) electrons. The van der Waals surface area contributed by atoms with Crippen molar-refractivity contribution in [2.24, 2.45) is 0 Å². The van der Waals surface area contributed by atoms with Crippen LogP contribution < -0.4 is 14.9 Å². The lowest BCUT2D eigenvalue weighted by atomic mass is 10.1. The molecule has 25 heavy (non-hydrogen) atoms. The molecule has 3 rings (SSSR count). The minimum Gasteiger partial charge on any atom is -0.353 e. The molecule has 2 fully saturated rings. The predicted octanol–water partition coefficient (Wildman–Crippen LogP) is 1.61. The van der Waals surface area contributed by atoms with E-state index in [9.17, 15) is 18.0 Å². The van der Waals surface area contributed by atoms with Gasteiger partial charge in [-0.1, -0.05) is 6.07 Å². The van der Waals surface area contributed by atoms with Crippen LogP contribution >= 0.6 is 0 Å². The predicted molar refractivity (Wildman–Crippen MR) is 95.8 cm³/mol. The Bertz CT molecular complexity index is 763. The topological polar surface area (TPSA) is 95.6 Å².